The number of amides is 1. The number of nitrogens with one attached hydrogen (secondary N) is 2. The highest BCUT2D eigenvalue weighted by Crippen LogP contribution is 2.04. The van der Waals surface area contributed by atoms with E-state index in [1.807, 2.05) is 26.0 Å². The average molecular weight is 207 g/mol. The van der Waals surface area contributed by atoms with E-state index in [9.17, 15) is 4.79 Å². The van der Waals surface area contributed by atoms with Crippen LogP contribution in [0.2, 0.25) is 0 Å². The fourth-order valence-electron chi connectivity index (χ4n) is 1.22. The Hall–Kier alpha value is -1.58. The van der Waals surface area contributed by atoms with Gasteiger partial charge in [-0.1, -0.05) is 0 Å². The van der Waals surface area contributed by atoms with Crippen molar-refractivity contribution >= 4 is 11.7 Å². The van der Waals surface area contributed by atoms with Crippen molar-refractivity contribution < 1.29 is 4.79 Å². The van der Waals surface area contributed by atoms with Crippen LogP contribution in [0.4, 0.5) is 5.82 Å². The number of nitrogens with zero attached hydrogens (tertiary/aromatic N) is 1. The molecule has 1 heterocycles. The predicted molar refractivity (Wildman–Crippen MR) is 60.8 cm³/mol. The molecule has 4 nitrogen and oxygen atoms in total. The predicted octanol–water partition coefficient (Wildman–Crippen LogP) is 1.33. The van der Waals surface area contributed by atoms with Gasteiger partial charge in [0.2, 0.25) is 5.91 Å². The Labute approximate surface area is 90.1 Å². The van der Waals surface area contributed by atoms with Crippen LogP contribution in [0.1, 0.15) is 18.9 Å². The van der Waals surface area contributed by atoms with Gasteiger partial charge < -0.3 is 10.6 Å². The van der Waals surface area contributed by atoms with Crippen LogP contribution in [-0.4, -0.2) is 24.0 Å². The molecule has 0 fully saturated rings. The Bertz CT molecular complexity index is 325. The summed E-state index contributed by atoms with van der Waals surface area (Å²) in [5.74, 6) is 0.886. The number of hydrogen-bond donors (Lipinski definition) is 2. The Morgan fingerprint density at radius 3 is 3.00 bits per heavy atom. The molecule has 0 bridgehead atoms. The molecule has 0 radical (unpaired) electrons. The molecule has 0 aliphatic rings. The highest BCUT2D eigenvalue weighted by molar-refractivity contribution is 5.76. The number of rotatable bonds is 5. The van der Waals surface area contributed by atoms with Gasteiger partial charge in [-0.05, 0) is 31.5 Å². The Morgan fingerprint density at radius 2 is 2.33 bits per heavy atom. The summed E-state index contributed by atoms with van der Waals surface area (Å²) < 4.78 is 0. The number of carbonyl (C=O) groups is 1. The van der Waals surface area contributed by atoms with Gasteiger partial charge in [-0.2, -0.15) is 0 Å². The van der Waals surface area contributed by atoms with E-state index in [0.717, 1.165) is 11.4 Å². The second kappa shape index (κ2) is 6.01. The van der Waals surface area contributed by atoms with Crippen molar-refractivity contribution in [3.05, 3.63) is 23.9 Å². The molecule has 15 heavy (non-hydrogen) atoms. The maximum atomic E-state index is 11.1. The van der Waals surface area contributed by atoms with E-state index in [1.54, 1.807) is 6.20 Å². The third-order valence-electron chi connectivity index (χ3n) is 1.95. The van der Waals surface area contributed by atoms with Gasteiger partial charge in [-0.25, -0.2) is 4.98 Å². The monoisotopic (exact) mass is 207 g/mol. The highest BCUT2D eigenvalue weighted by Gasteiger charge is 1.99. The molecule has 0 unspecified atom stereocenters. The van der Waals surface area contributed by atoms with Crippen molar-refractivity contribution in [3.63, 3.8) is 0 Å². The van der Waals surface area contributed by atoms with Crippen molar-refractivity contribution in [1.82, 2.24) is 10.3 Å². The molecule has 0 aliphatic heterocycles. The van der Waals surface area contributed by atoms with E-state index in [1.165, 1.54) is 0 Å². The fourth-order valence-corrected chi connectivity index (χ4v) is 1.22. The zero-order valence-corrected chi connectivity index (χ0v) is 9.21. The number of pyridine rings is 1. The van der Waals surface area contributed by atoms with Crippen LogP contribution < -0.4 is 10.6 Å². The van der Waals surface area contributed by atoms with E-state index in [0.29, 0.717) is 19.5 Å². The maximum absolute atomic E-state index is 11.1. The van der Waals surface area contributed by atoms with Gasteiger partial charge >= 0.3 is 0 Å². The van der Waals surface area contributed by atoms with Crippen molar-refractivity contribution in [2.45, 2.75) is 20.3 Å². The van der Waals surface area contributed by atoms with Crippen LogP contribution >= 0.6 is 0 Å². The number of anilines is 1. The van der Waals surface area contributed by atoms with E-state index in [2.05, 4.69) is 15.6 Å². The first-order chi connectivity index (χ1) is 7.22. The molecule has 1 rings (SSSR count). The summed E-state index contributed by atoms with van der Waals surface area (Å²) in [5, 5.41) is 5.85. The fraction of sp³-hybridized carbons (Fsp3) is 0.455. The van der Waals surface area contributed by atoms with E-state index in [-0.39, 0.29) is 5.91 Å². The Morgan fingerprint density at radius 1 is 1.53 bits per heavy atom. The molecule has 0 spiro atoms. The molecule has 0 aromatic carbocycles. The third kappa shape index (κ3) is 4.44. The molecular weight excluding hydrogens is 190 g/mol. The molecule has 0 saturated carbocycles. The first kappa shape index (κ1) is 11.5. The second-order valence-corrected chi connectivity index (χ2v) is 3.35. The van der Waals surface area contributed by atoms with E-state index < -0.39 is 0 Å². The number of aromatic nitrogens is 1. The summed E-state index contributed by atoms with van der Waals surface area (Å²) in [6, 6.07) is 3.90. The van der Waals surface area contributed by atoms with Crippen LogP contribution in [0.15, 0.2) is 18.3 Å². The molecule has 1 aromatic heterocycles. The van der Waals surface area contributed by atoms with Gasteiger partial charge in [-0.15, -0.1) is 0 Å². The largest absolute Gasteiger partial charge is 0.370 e. The second-order valence-electron chi connectivity index (χ2n) is 3.35. The molecule has 1 amide bonds. The summed E-state index contributed by atoms with van der Waals surface area (Å²) >= 11 is 0. The van der Waals surface area contributed by atoms with Crippen LogP contribution in [0.5, 0.6) is 0 Å². The van der Waals surface area contributed by atoms with Gasteiger partial charge in [0.1, 0.15) is 5.82 Å². The standard InChI is InChI=1S/C11H17N3O/c1-3-12-11(15)5-7-14-10-8-9(2)4-6-13-10/h4,6,8H,3,5,7H2,1-2H3,(H,12,15)(H,13,14). The van der Waals surface area contributed by atoms with Crippen molar-refractivity contribution in [2.24, 2.45) is 0 Å². The SMILES string of the molecule is CCNC(=O)CCNc1cc(C)ccn1. The molecule has 0 saturated heterocycles. The maximum Gasteiger partial charge on any atom is 0.221 e. The summed E-state index contributed by atoms with van der Waals surface area (Å²) in [6.45, 7) is 5.22. The normalized spacial score (nSPS) is 9.73. The minimum absolute atomic E-state index is 0.0673. The lowest BCUT2D eigenvalue weighted by Crippen LogP contribution is -2.24. The summed E-state index contributed by atoms with van der Waals surface area (Å²) in [7, 11) is 0. The van der Waals surface area contributed by atoms with Crippen LogP contribution in [0.3, 0.4) is 0 Å². The van der Waals surface area contributed by atoms with Crippen LogP contribution in [-0.2, 0) is 4.79 Å². The van der Waals surface area contributed by atoms with E-state index in [4.69, 9.17) is 0 Å². The molecule has 0 atom stereocenters. The van der Waals surface area contributed by atoms with Crippen LogP contribution in [0.25, 0.3) is 0 Å². The Kier molecular flexibility index (Phi) is 4.60. The summed E-state index contributed by atoms with van der Waals surface area (Å²) in [4.78, 5) is 15.3. The van der Waals surface area contributed by atoms with Crippen LogP contribution in [0, 0.1) is 6.92 Å². The topological polar surface area (TPSA) is 54.0 Å². The van der Waals surface area contributed by atoms with Gasteiger partial charge in [0.25, 0.3) is 0 Å². The van der Waals surface area contributed by atoms with Crippen molar-refractivity contribution in [2.75, 3.05) is 18.4 Å². The molecule has 2 N–H and O–H groups in total. The molecule has 82 valence electrons. The first-order valence-corrected chi connectivity index (χ1v) is 5.15. The van der Waals surface area contributed by atoms with E-state index >= 15 is 0 Å². The number of carbonyl (C=O) groups excluding carboxylic acids is 1. The minimum Gasteiger partial charge on any atom is -0.370 e. The van der Waals surface area contributed by atoms with Gasteiger partial charge in [-0.3, -0.25) is 4.79 Å². The summed E-state index contributed by atoms with van der Waals surface area (Å²) in [6.07, 6.45) is 2.23. The van der Waals surface area contributed by atoms with Gasteiger partial charge in [0, 0.05) is 25.7 Å². The number of aryl methyl sites for hydroxylation is 1. The first-order valence-electron chi connectivity index (χ1n) is 5.15. The van der Waals surface area contributed by atoms with Gasteiger partial charge in [0.05, 0.1) is 0 Å². The molecule has 0 aliphatic carbocycles. The van der Waals surface area contributed by atoms with Gasteiger partial charge in [0.15, 0.2) is 0 Å². The number of hydrogen-bond acceptors (Lipinski definition) is 3. The van der Waals surface area contributed by atoms with Crippen molar-refractivity contribution in [1.29, 1.82) is 0 Å². The smallest absolute Gasteiger partial charge is 0.221 e. The lowest BCUT2D eigenvalue weighted by molar-refractivity contribution is -0.120. The third-order valence-corrected chi connectivity index (χ3v) is 1.95. The quantitative estimate of drug-likeness (QED) is 0.765. The zero-order valence-electron chi connectivity index (χ0n) is 9.21. The Balaban J connectivity index is 2.28. The lowest BCUT2D eigenvalue weighted by Gasteiger charge is -2.05. The molecule has 1 aromatic rings. The zero-order chi connectivity index (χ0) is 11.1. The highest BCUT2D eigenvalue weighted by atomic mass is 16.1. The van der Waals surface area contributed by atoms with Crippen molar-refractivity contribution in [3.8, 4) is 0 Å². The minimum atomic E-state index is 0.0673. The molecule has 4 heteroatoms. The molecular formula is C11H17N3O. The average Bonchev–Trinajstić information content (AvgIpc) is 2.18. The lowest BCUT2D eigenvalue weighted by atomic mass is 10.3. The summed E-state index contributed by atoms with van der Waals surface area (Å²) in [5.41, 5.74) is 1.16.